The first-order chi connectivity index (χ1) is 5.65. The second-order valence-corrected chi connectivity index (χ2v) is 2.75. The molecule has 0 fully saturated rings. The van der Waals surface area contributed by atoms with Crippen molar-refractivity contribution in [2.75, 3.05) is 13.6 Å². The maximum Gasteiger partial charge on any atom is 0.196 e. The maximum absolute atomic E-state index is 11.3. The molecule has 1 heterocycles. The molecule has 0 amide bonds. The van der Waals surface area contributed by atoms with Crippen molar-refractivity contribution in [1.82, 2.24) is 15.1 Å². The zero-order valence-corrected chi connectivity index (χ0v) is 7.59. The van der Waals surface area contributed by atoms with Gasteiger partial charge >= 0.3 is 0 Å². The Labute approximate surface area is 71.6 Å². The second kappa shape index (κ2) is 3.49. The highest BCUT2D eigenvalue weighted by Crippen LogP contribution is 2.01. The van der Waals surface area contributed by atoms with E-state index in [9.17, 15) is 4.79 Å². The van der Waals surface area contributed by atoms with Gasteiger partial charge < -0.3 is 5.32 Å². The molecule has 1 N–H and O–H groups in total. The van der Waals surface area contributed by atoms with Gasteiger partial charge in [0.15, 0.2) is 5.78 Å². The first-order valence-electron chi connectivity index (χ1n) is 3.83. The van der Waals surface area contributed by atoms with E-state index in [1.807, 2.05) is 14.0 Å². The molecule has 1 aromatic heterocycles. The molecule has 0 aromatic carbocycles. The number of aromatic nitrogens is 2. The van der Waals surface area contributed by atoms with Crippen molar-refractivity contribution in [3.8, 4) is 0 Å². The Hall–Kier alpha value is -1.16. The molecular weight excluding hydrogens is 154 g/mol. The SMILES string of the molecule is CNCC(=O)c1cc(C)n(C)n1. The lowest BCUT2D eigenvalue weighted by Gasteiger charge is -1.93. The van der Waals surface area contributed by atoms with Crippen LogP contribution in [0.25, 0.3) is 0 Å². The highest BCUT2D eigenvalue weighted by Gasteiger charge is 2.08. The van der Waals surface area contributed by atoms with Gasteiger partial charge in [-0.2, -0.15) is 5.10 Å². The van der Waals surface area contributed by atoms with Gasteiger partial charge in [0.2, 0.25) is 0 Å². The number of nitrogens with one attached hydrogen (secondary N) is 1. The summed E-state index contributed by atoms with van der Waals surface area (Å²) in [6, 6.07) is 1.79. The third-order valence-electron chi connectivity index (χ3n) is 1.74. The van der Waals surface area contributed by atoms with Crippen LogP contribution in [0.5, 0.6) is 0 Å². The molecule has 4 nitrogen and oxygen atoms in total. The van der Waals surface area contributed by atoms with Crippen LogP contribution in [0.15, 0.2) is 6.07 Å². The summed E-state index contributed by atoms with van der Waals surface area (Å²) >= 11 is 0. The summed E-state index contributed by atoms with van der Waals surface area (Å²) in [5.41, 5.74) is 1.53. The van der Waals surface area contributed by atoms with E-state index in [4.69, 9.17) is 0 Å². The number of rotatable bonds is 3. The smallest absolute Gasteiger partial charge is 0.196 e. The van der Waals surface area contributed by atoms with Crippen LogP contribution in [0.4, 0.5) is 0 Å². The van der Waals surface area contributed by atoms with E-state index in [0.29, 0.717) is 12.2 Å². The summed E-state index contributed by atoms with van der Waals surface area (Å²) in [5.74, 6) is 0.0289. The minimum Gasteiger partial charge on any atom is -0.313 e. The number of carbonyl (C=O) groups is 1. The van der Waals surface area contributed by atoms with E-state index >= 15 is 0 Å². The molecule has 0 radical (unpaired) electrons. The minimum absolute atomic E-state index is 0.0289. The van der Waals surface area contributed by atoms with E-state index in [2.05, 4.69) is 10.4 Å². The fraction of sp³-hybridized carbons (Fsp3) is 0.500. The summed E-state index contributed by atoms with van der Waals surface area (Å²) in [6.45, 7) is 2.26. The van der Waals surface area contributed by atoms with Gasteiger partial charge in [-0.15, -0.1) is 0 Å². The molecule has 1 aromatic rings. The third-order valence-corrected chi connectivity index (χ3v) is 1.74. The van der Waals surface area contributed by atoms with Crippen LogP contribution in [-0.4, -0.2) is 29.2 Å². The normalized spacial score (nSPS) is 10.2. The van der Waals surface area contributed by atoms with E-state index < -0.39 is 0 Å². The Kier molecular flexibility index (Phi) is 2.60. The second-order valence-electron chi connectivity index (χ2n) is 2.75. The van der Waals surface area contributed by atoms with E-state index in [1.165, 1.54) is 0 Å². The summed E-state index contributed by atoms with van der Waals surface area (Å²) in [4.78, 5) is 11.3. The summed E-state index contributed by atoms with van der Waals surface area (Å²) in [6.07, 6.45) is 0. The van der Waals surface area contributed by atoms with Gasteiger partial charge in [-0.3, -0.25) is 9.48 Å². The standard InChI is InChI=1S/C8H13N3O/c1-6-4-7(10-11(6)3)8(12)5-9-2/h4,9H,5H2,1-3H3. The molecule has 0 saturated carbocycles. The predicted molar refractivity (Wildman–Crippen MR) is 46.2 cm³/mol. The molecular formula is C8H13N3O. The van der Waals surface area contributed by atoms with Gasteiger partial charge in [0.1, 0.15) is 5.69 Å². The van der Waals surface area contributed by atoms with Gasteiger partial charge in [0, 0.05) is 12.7 Å². The van der Waals surface area contributed by atoms with Crippen molar-refractivity contribution < 1.29 is 4.79 Å². The summed E-state index contributed by atoms with van der Waals surface area (Å²) in [7, 11) is 3.57. The van der Waals surface area contributed by atoms with Crippen molar-refractivity contribution in [3.63, 3.8) is 0 Å². The monoisotopic (exact) mass is 167 g/mol. The molecule has 0 bridgehead atoms. The number of Topliss-reactive ketones (excluding diaryl/α,β-unsaturated/α-hetero) is 1. The molecule has 0 saturated heterocycles. The average Bonchev–Trinajstić information content (AvgIpc) is 2.33. The summed E-state index contributed by atoms with van der Waals surface area (Å²) < 4.78 is 1.70. The topological polar surface area (TPSA) is 46.9 Å². The van der Waals surface area contributed by atoms with Gasteiger partial charge in [-0.05, 0) is 20.0 Å². The highest BCUT2D eigenvalue weighted by atomic mass is 16.1. The number of hydrogen-bond donors (Lipinski definition) is 1. The van der Waals surface area contributed by atoms with Gasteiger partial charge in [-0.1, -0.05) is 0 Å². The van der Waals surface area contributed by atoms with Crippen LogP contribution in [0.2, 0.25) is 0 Å². The van der Waals surface area contributed by atoms with Crippen LogP contribution < -0.4 is 5.32 Å². The van der Waals surface area contributed by atoms with E-state index in [-0.39, 0.29) is 5.78 Å². The van der Waals surface area contributed by atoms with Crippen LogP contribution >= 0.6 is 0 Å². The Bertz CT molecular complexity index is 271. The molecule has 12 heavy (non-hydrogen) atoms. The maximum atomic E-state index is 11.3. The molecule has 66 valence electrons. The van der Waals surface area contributed by atoms with Crippen molar-refractivity contribution in [1.29, 1.82) is 0 Å². The van der Waals surface area contributed by atoms with Gasteiger partial charge in [0.05, 0.1) is 6.54 Å². The zero-order valence-electron chi connectivity index (χ0n) is 7.59. The van der Waals surface area contributed by atoms with Crippen LogP contribution in [0, 0.1) is 6.92 Å². The number of aryl methyl sites for hydroxylation is 2. The van der Waals surface area contributed by atoms with E-state index in [1.54, 1.807) is 17.8 Å². The Morgan fingerprint density at radius 3 is 2.83 bits per heavy atom. The number of ketones is 1. The van der Waals surface area contributed by atoms with Crippen molar-refractivity contribution in [2.45, 2.75) is 6.92 Å². The third kappa shape index (κ3) is 1.71. The lowest BCUT2D eigenvalue weighted by Crippen LogP contribution is -2.19. The molecule has 0 atom stereocenters. The Balaban J connectivity index is 2.82. The molecule has 4 heteroatoms. The largest absolute Gasteiger partial charge is 0.313 e. The predicted octanol–water partition coefficient (Wildman–Crippen LogP) is 0.131. The molecule has 0 aliphatic carbocycles. The Morgan fingerprint density at radius 1 is 1.75 bits per heavy atom. The summed E-state index contributed by atoms with van der Waals surface area (Å²) in [5, 5.41) is 6.85. The van der Waals surface area contributed by atoms with Gasteiger partial charge in [-0.25, -0.2) is 0 Å². The number of carbonyl (C=O) groups excluding carboxylic acids is 1. The quantitative estimate of drug-likeness (QED) is 0.651. The molecule has 0 aliphatic rings. The fourth-order valence-corrected chi connectivity index (χ4v) is 0.948. The van der Waals surface area contributed by atoms with Crippen molar-refractivity contribution in [3.05, 3.63) is 17.5 Å². The number of hydrogen-bond acceptors (Lipinski definition) is 3. The molecule has 0 unspecified atom stereocenters. The fourth-order valence-electron chi connectivity index (χ4n) is 0.948. The highest BCUT2D eigenvalue weighted by molar-refractivity contribution is 5.95. The number of likely N-dealkylation sites (N-methyl/N-ethyl adjacent to an activating group) is 1. The van der Waals surface area contributed by atoms with Crippen LogP contribution in [-0.2, 0) is 7.05 Å². The minimum atomic E-state index is 0.0289. The molecule has 0 aliphatic heterocycles. The first kappa shape index (κ1) is 8.93. The average molecular weight is 167 g/mol. The Morgan fingerprint density at radius 2 is 2.42 bits per heavy atom. The van der Waals surface area contributed by atoms with Gasteiger partial charge in [0.25, 0.3) is 0 Å². The van der Waals surface area contributed by atoms with E-state index in [0.717, 1.165) is 5.69 Å². The molecule has 0 spiro atoms. The van der Waals surface area contributed by atoms with Crippen LogP contribution in [0.1, 0.15) is 16.2 Å². The van der Waals surface area contributed by atoms with Crippen molar-refractivity contribution in [2.24, 2.45) is 7.05 Å². The van der Waals surface area contributed by atoms with Crippen LogP contribution in [0.3, 0.4) is 0 Å². The lowest BCUT2D eigenvalue weighted by atomic mass is 10.2. The zero-order chi connectivity index (χ0) is 9.14. The lowest BCUT2D eigenvalue weighted by molar-refractivity contribution is 0.0988. The van der Waals surface area contributed by atoms with Crippen molar-refractivity contribution >= 4 is 5.78 Å². The molecule has 1 rings (SSSR count). The first-order valence-corrected chi connectivity index (χ1v) is 3.83. The number of nitrogens with zero attached hydrogens (tertiary/aromatic N) is 2.